The van der Waals surface area contributed by atoms with E-state index in [9.17, 15) is 19.5 Å². The first-order chi connectivity index (χ1) is 18.3. The molecule has 38 heavy (non-hydrogen) atoms. The SMILES string of the molecule is CN(C)C(=O)c1ccc2c(c1)[C@H](c1ccccc1)N(c1nc(C(=O)Nc3cnoc3)c(O)c(=O)n1C)CC2. The summed E-state index contributed by atoms with van der Waals surface area (Å²) in [5.74, 6) is -1.47. The number of carbonyl (C=O) groups excluding carboxylic acids is 2. The Morgan fingerprint density at radius 3 is 2.61 bits per heavy atom. The van der Waals surface area contributed by atoms with Crippen LogP contribution in [0.2, 0.25) is 0 Å². The van der Waals surface area contributed by atoms with Gasteiger partial charge >= 0.3 is 0 Å². The number of amides is 2. The molecule has 0 unspecified atom stereocenters. The van der Waals surface area contributed by atoms with Gasteiger partial charge in [-0.2, -0.15) is 0 Å². The van der Waals surface area contributed by atoms with Crippen LogP contribution in [-0.2, 0) is 13.5 Å². The molecule has 2 aromatic carbocycles. The Kier molecular flexibility index (Phi) is 6.41. The molecule has 0 aliphatic carbocycles. The number of aromatic hydroxyl groups is 1. The smallest absolute Gasteiger partial charge is 0.297 e. The summed E-state index contributed by atoms with van der Waals surface area (Å²) in [4.78, 5) is 46.7. The molecule has 4 aromatic rings. The van der Waals surface area contributed by atoms with Gasteiger partial charge in [-0.3, -0.25) is 19.0 Å². The zero-order chi connectivity index (χ0) is 27.0. The van der Waals surface area contributed by atoms with Gasteiger partial charge in [0, 0.05) is 33.3 Å². The highest BCUT2D eigenvalue weighted by atomic mass is 16.5. The Balaban J connectivity index is 1.65. The van der Waals surface area contributed by atoms with Crippen molar-refractivity contribution in [2.75, 3.05) is 30.9 Å². The van der Waals surface area contributed by atoms with E-state index in [0.29, 0.717) is 18.5 Å². The molecule has 11 nitrogen and oxygen atoms in total. The first-order valence-electron chi connectivity index (χ1n) is 11.9. The van der Waals surface area contributed by atoms with E-state index in [-0.39, 0.29) is 17.5 Å². The molecule has 0 spiro atoms. The van der Waals surface area contributed by atoms with Crippen molar-refractivity contribution in [1.29, 1.82) is 0 Å². The molecule has 1 atom stereocenters. The molecule has 1 aliphatic heterocycles. The molecule has 11 heteroatoms. The molecule has 0 saturated carbocycles. The van der Waals surface area contributed by atoms with Crippen molar-refractivity contribution in [1.82, 2.24) is 19.6 Å². The average Bonchev–Trinajstić information content (AvgIpc) is 3.44. The zero-order valence-electron chi connectivity index (χ0n) is 21.1. The third-order valence-corrected chi connectivity index (χ3v) is 6.55. The average molecular weight is 515 g/mol. The van der Waals surface area contributed by atoms with Gasteiger partial charge in [0.1, 0.15) is 12.0 Å². The van der Waals surface area contributed by atoms with Crippen LogP contribution in [-0.4, -0.2) is 57.2 Å². The summed E-state index contributed by atoms with van der Waals surface area (Å²) in [6, 6.07) is 14.9. The Labute approximate surface area is 217 Å². The van der Waals surface area contributed by atoms with Crippen LogP contribution in [0.25, 0.3) is 0 Å². The Morgan fingerprint density at radius 1 is 1.16 bits per heavy atom. The standard InChI is InChI=1S/C27H26N6O5/c1-31(2)25(36)18-10-9-16-11-12-33(22(20(16)13-18)17-7-5-4-6-8-17)27-30-21(23(34)26(37)32(27)3)24(35)29-19-14-28-38-15-19/h4-10,13-15,22,34H,11-12H2,1-3H3,(H,29,35)/t22-/m0/s1. The summed E-state index contributed by atoms with van der Waals surface area (Å²) in [7, 11) is 4.89. The van der Waals surface area contributed by atoms with E-state index < -0.39 is 29.0 Å². The van der Waals surface area contributed by atoms with Crippen LogP contribution >= 0.6 is 0 Å². The lowest BCUT2D eigenvalue weighted by Crippen LogP contribution is -2.41. The number of hydrogen-bond donors (Lipinski definition) is 2. The van der Waals surface area contributed by atoms with Crippen molar-refractivity contribution < 1.29 is 19.2 Å². The maximum absolute atomic E-state index is 13.1. The van der Waals surface area contributed by atoms with Crippen LogP contribution < -0.4 is 15.8 Å². The second-order valence-corrected chi connectivity index (χ2v) is 9.21. The molecule has 2 N–H and O–H groups in total. The predicted molar refractivity (Wildman–Crippen MR) is 139 cm³/mol. The van der Waals surface area contributed by atoms with E-state index in [1.165, 1.54) is 29.0 Å². The molecule has 2 amide bonds. The number of rotatable bonds is 5. The van der Waals surface area contributed by atoms with Gasteiger partial charge in [-0.15, -0.1) is 0 Å². The molecular formula is C27H26N6O5. The number of nitrogens with one attached hydrogen (secondary N) is 1. The lowest BCUT2D eigenvalue weighted by molar-refractivity contribution is 0.0827. The summed E-state index contributed by atoms with van der Waals surface area (Å²) >= 11 is 0. The third-order valence-electron chi connectivity index (χ3n) is 6.55. The molecular weight excluding hydrogens is 488 g/mol. The van der Waals surface area contributed by atoms with Crippen LogP contribution in [0.15, 0.2) is 70.3 Å². The number of carbonyl (C=O) groups is 2. The Morgan fingerprint density at radius 2 is 1.92 bits per heavy atom. The first-order valence-corrected chi connectivity index (χ1v) is 11.9. The number of anilines is 2. The molecule has 0 bridgehead atoms. The highest BCUT2D eigenvalue weighted by Gasteiger charge is 2.33. The lowest BCUT2D eigenvalue weighted by atomic mass is 9.87. The van der Waals surface area contributed by atoms with Crippen molar-refractivity contribution in [2.24, 2.45) is 7.05 Å². The summed E-state index contributed by atoms with van der Waals surface area (Å²) in [6.07, 6.45) is 3.13. The van der Waals surface area contributed by atoms with E-state index in [4.69, 9.17) is 4.52 Å². The fourth-order valence-electron chi connectivity index (χ4n) is 4.67. The highest BCUT2D eigenvalue weighted by molar-refractivity contribution is 6.04. The second kappa shape index (κ2) is 9.85. The summed E-state index contributed by atoms with van der Waals surface area (Å²) < 4.78 is 5.96. The van der Waals surface area contributed by atoms with Gasteiger partial charge in [-0.1, -0.05) is 41.6 Å². The van der Waals surface area contributed by atoms with Gasteiger partial charge in [-0.25, -0.2) is 4.98 Å². The number of hydrogen-bond acceptors (Lipinski definition) is 8. The molecule has 0 fully saturated rings. The summed E-state index contributed by atoms with van der Waals surface area (Å²) in [5.41, 5.74) is 2.50. The van der Waals surface area contributed by atoms with E-state index in [0.717, 1.165) is 16.7 Å². The maximum Gasteiger partial charge on any atom is 0.297 e. The largest absolute Gasteiger partial charge is 0.501 e. The fraction of sp³-hybridized carbons (Fsp3) is 0.222. The monoisotopic (exact) mass is 514 g/mol. The molecule has 194 valence electrons. The van der Waals surface area contributed by atoms with Crippen LogP contribution in [0, 0.1) is 0 Å². The van der Waals surface area contributed by atoms with Crippen molar-refractivity contribution in [2.45, 2.75) is 12.5 Å². The predicted octanol–water partition coefficient (Wildman–Crippen LogP) is 2.58. The Hall–Kier alpha value is -4.93. The van der Waals surface area contributed by atoms with Gasteiger partial charge in [0.25, 0.3) is 17.4 Å². The van der Waals surface area contributed by atoms with Crippen LogP contribution in [0.4, 0.5) is 11.6 Å². The quantitative estimate of drug-likeness (QED) is 0.415. The van der Waals surface area contributed by atoms with E-state index in [2.05, 4.69) is 15.5 Å². The minimum absolute atomic E-state index is 0.125. The lowest BCUT2D eigenvalue weighted by Gasteiger charge is -2.39. The second-order valence-electron chi connectivity index (χ2n) is 9.21. The third kappa shape index (κ3) is 4.38. The molecule has 3 heterocycles. The van der Waals surface area contributed by atoms with Gasteiger partial charge < -0.3 is 24.7 Å². The zero-order valence-corrected chi connectivity index (χ0v) is 21.1. The van der Waals surface area contributed by atoms with Gasteiger partial charge in [0.05, 0.1) is 12.2 Å². The number of nitrogens with zero attached hydrogens (tertiary/aromatic N) is 5. The number of benzene rings is 2. The molecule has 5 rings (SSSR count). The van der Waals surface area contributed by atoms with Gasteiger partial charge in [-0.05, 0) is 35.2 Å². The summed E-state index contributed by atoms with van der Waals surface area (Å²) in [5, 5.41) is 16.6. The maximum atomic E-state index is 13.1. The van der Waals surface area contributed by atoms with Crippen molar-refractivity contribution >= 4 is 23.5 Å². The van der Waals surface area contributed by atoms with Gasteiger partial charge in [0.15, 0.2) is 5.69 Å². The fourth-order valence-corrected chi connectivity index (χ4v) is 4.67. The molecule has 0 radical (unpaired) electrons. The minimum Gasteiger partial charge on any atom is -0.501 e. The molecule has 0 saturated heterocycles. The van der Waals surface area contributed by atoms with Crippen molar-refractivity contribution in [3.05, 3.63) is 99.3 Å². The van der Waals surface area contributed by atoms with E-state index >= 15 is 0 Å². The summed E-state index contributed by atoms with van der Waals surface area (Å²) in [6.45, 7) is 0.477. The Bertz CT molecular complexity index is 1560. The van der Waals surface area contributed by atoms with Crippen LogP contribution in [0.3, 0.4) is 0 Å². The molecule has 1 aliphatic rings. The first kappa shape index (κ1) is 24.8. The molecule has 2 aromatic heterocycles. The van der Waals surface area contributed by atoms with E-state index in [1.54, 1.807) is 14.1 Å². The topological polar surface area (TPSA) is 134 Å². The van der Waals surface area contributed by atoms with Crippen LogP contribution in [0.1, 0.15) is 43.6 Å². The van der Waals surface area contributed by atoms with Crippen molar-refractivity contribution in [3.63, 3.8) is 0 Å². The van der Waals surface area contributed by atoms with E-state index in [1.807, 2.05) is 53.4 Å². The number of aromatic nitrogens is 3. The highest BCUT2D eigenvalue weighted by Crippen LogP contribution is 2.38. The minimum atomic E-state index is -0.780. The van der Waals surface area contributed by atoms with Gasteiger partial charge in [0.2, 0.25) is 11.7 Å². The van der Waals surface area contributed by atoms with Crippen LogP contribution in [0.5, 0.6) is 5.75 Å². The normalized spacial score (nSPS) is 14.6. The number of fused-ring (bicyclic) bond motifs is 1. The van der Waals surface area contributed by atoms with Crippen molar-refractivity contribution in [3.8, 4) is 5.75 Å².